The maximum absolute atomic E-state index is 12.9. The average Bonchev–Trinajstić information content (AvgIpc) is 3.78. The second-order valence-corrected chi connectivity index (χ2v) is 18.0. The number of aliphatic hydroxyl groups is 2. The van der Waals surface area contributed by atoms with Gasteiger partial charge in [-0.1, -0.05) is 89.2 Å². The monoisotopic (exact) mass is 760 g/mol. The fourth-order valence-corrected chi connectivity index (χ4v) is 10.5. The molecule has 0 radical (unpaired) electrons. The van der Waals surface area contributed by atoms with Crippen molar-refractivity contribution in [2.45, 2.75) is 134 Å². The van der Waals surface area contributed by atoms with Crippen molar-refractivity contribution in [3.63, 3.8) is 0 Å². The van der Waals surface area contributed by atoms with E-state index in [-0.39, 0.29) is 28.8 Å². The van der Waals surface area contributed by atoms with Crippen LogP contribution < -0.4 is 5.32 Å². The fraction of sp³-hybridized carbons (Fsp3) is 0.727. The third-order valence-electron chi connectivity index (χ3n) is 9.23. The standard InChI is InChI=1S/C33H50ClN4O10PS/c1-2-3-4-5-6-7-8-9-10-11-16-27(39)46-21-47-49(42,43)22-50(44,45)20-26-29(40)30(41)33(48-26)38-18-17-24-28(36-23-14-12-13-15-23)25(19-35)31(34)37-32(24)38/h17-18,23,26,29-30,33,40-41H,2-16,20-22H2,1H3,(H,36,37)(H,42,43)/t26-,29-,30-,33-/m1/s1. The predicted octanol–water partition coefficient (Wildman–Crippen LogP) is 5.92. The molecule has 2 aromatic heterocycles. The van der Waals surface area contributed by atoms with Gasteiger partial charge in [-0.3, -0.25) is 13.9 Å². The third kappa shape index (κ3) is 11.4. The summed E-state index contributed by atoms with van der Waals surface area (Å²) in [5.41, 5.74) is -0.422. The van der Waals surface area contributed by atoms with Crippen molar-refractivity contribution in [2.75, 3.05) is 23.4 Å². The summed E-state index contributed by atoms with van der Waals surface area (Å²) in [5, 5.41) is 35.2. The number of esters is 1. The van der Waals surface area contributed by atoms with E-state index in [2.05, 4.69) is 23.3 Å². The van der Waals surface area contributed by atoms with Crippen molar-refractivity contribution >= 4 is 51.7 Å². The number of hydrogen-bond donors (Lipinski definition) is 4. The second-order valence-electron chi connectivity index (χ2n) is 13.3. The van der Waals surface area contributed by atoms with E-state index in [4.69, 9.17) is 25.6 Å². The minimum absolute atomic E-state index is 0.0733. The number of hydrogen-bond acceptors (Lipinski definition) is 12. The number of halogens is 1. The number of pyridine rings is 1. The molecule has 2 aliphatic rings. The molecule has 280 valence electrons. The normalized spacial score (nSPS) is 22.5. The zero-order valence-electron chi connectivity index (χ0n) is 28.5. The summed E-state index contributed by atoms with van der Waals surface area (Å²) in [6.45, 7) is 1.30. The van der Waals surface area contributed by atoms with E-state index in [0.29, 0.717) is 17.5 Å². The summed E-state index contributed by atoms with van der Waals surface area (Å²) in [7, 11) is -9.17. The molecule has 0 aromatic carbocycles. The number of ether oxygens (including phenoxy) is 2. The third-order valence-corrected chi connectivity index (χ3v) is 13.7. The Morgan fingerprint density at radius 2 is 1.76 bits per heavy atom. The zero-order valence-corrected chi connectivity index (χ0v) is 31.0. The summed E-state index contributed by atoms with van der Waals surface area (Å²) >= 11 is 6.38. The SMILES string of the molecule is CCCCCCCCCCCCC(=O)OCOP(=O)(O)CS(=O)(=O)C[C@H]1O[C@@H](n2ccc3c(NC4CCCC4)c(C#N)c(Cl)nc32)[C@H](O)[C@@H]1O. The molecule has 50 heavy (non-hydrogen) atoms. The highest BCUT2D eigenvalue weighted by Gasteiger charge is 2.47. The highest BCUT2D eigenvalue weighted by atomic mass is 35.5. The first kappa shape index (κ1) is 40.5. The summed E-state index contributed by atoms with van der Waals surface area (Å²) < 4.78 is 55.2. The van der Waals surface area contributed by atoms with E-state index in [1.54, 1.807) is 6.07 Å². The Labute approximate surface area is 298 Å². The number of sulfone groups is 1. The van der Waals surface area contributed by atoms with Gasteiger partial charge in [-0.2, -0.15) is 5.26 Å². The molecule has 1 saturated heterocycles. The molecule has 0 bridgehead atoms. The molecule has 1 aliphatic heterocycles. The van der Waals surface area contributed by atoms with Crippen LogP contribution in [-0.2, 0) is 33.2 Å². The maximum Gasteiger partial charge on any atom is 0.346 e. The van der Waals surface area contributed by atoms with Gasteiger partial charge in [0.1, 0.15) is 35.6 Å². The van der Waals surface area contributed by atoms with Gasteiger partial charge in [0, 0.05) is 24.0 Å². The van der Waals surface area contributed by atoms with Gasteiger partial charge in [0.15, 0.2) is 26.7 Å². The smallest absolute Gasteiger partial charge is 0.346 e. The molecule has 0 amide bonds. The lowest BCUT2D eigenvalue weighted by Gasteiger charge is -2.19. The van der Waals surface area contributed by atoms with Gasteiger partial charge >= 0.3 is 13.6 Å². The molecule has 4 N–H and O–H groups in total. The lowest BCUT2D eigenvalue weighted by molar-refractivity contribution is -0.150. The van der Waals surface area contributed by atoms with Crippen LogP contribution in [0, 0.1) is 11.3 Å². The zero-order chi connectivity index (χ0) is 36.3. The number of fused-ring (bicyclic) bond motifs is 1. The average molecular weight is 761 g/mol. The minimum Gasteiger partial charge on any atom is -0.438 e. The summed E-state index contributed by atoms with van der Waals surface area (Å²) in [6, 6.07) is 3.89. The summed E-state index contributed by atoms with van der Waals surface area (Å²) in [6.07, 6.45) is 10.6. The van der Waals surface area contributed by atoms with Gasteiger partial charge in [0.2, 0.25) is 6.79 Å². The Bertz CT molecular complexity index is 1630. The van der Waals surface area contributed by atoms with Crippen molar-refractivity contribution in [3.05, 3.63) is 23.0 Å². The van der Waals surface area contributed by atoms with E-state index < -0.39 is 66.0 Å². The Hall–Kier alpha value is -2.28. The number of nitrogens with zero attached hydrogens (tertiary/aromatic N) is 3. The molecule has 5 atom stereocenters. The molecule has 3 heterocycles. The van der Waals surface area contributed by atoms with E-state index in [1.807, 2.05) is 0 Å². The molecule has 1 unspecified atom stereocenters. The van der Waals surface area contributed by atoms with Crippen molar-refractivity contribution in [2.24, 2.45) is 0 Å². The first-order valence-electron chi connectivity index (χ1n) is 17.6. The van der Waals surface area contributed by atoms with Crippen LogP contribution in [0.15, 0.2) is 12.3 Å². The molecule has 2 fully saturated rings. The van der Waals surface area contributed by atoms with Crippen LogP contribution in [0.4, 0.5) is 5.69 Å². The molecular weight excluding hydrogens is 711 g/mol. The summed E-state index contributed by atoms with van der Waals surface area (Å²) in [4.78, 5) is 26.5. The molecule has 1 saturated carbocycles. The Morgan fingerprint density at radius 1 is 1.12 bits per heavy atom. The quantitative estimate of drug-likeness (QED) is 0.0383. The van der Waals surface area contributed by atoms with Gasteiger partial charge in [-0.15, -0.1) is 0 Å². The molecule has 4 rings (SSSR count). The highest BCUT2D eigenvalue weighted by molar-refractivity contribution is 7.97. The van der Waals surface area contributed by atoms with Crippen LogP contribution >= 0.6 is 19.2 Å². The summed E-state index contributed by atoms with van der Waals surface area (Å²) in [5.74, 6) is -1.53. The van der Waals surface area contributed by atoms with Gasteiger partial charge < -0.3 is 34.5 Å². The Balaban J connectivity index is 1.26. The molecule has 1 aliphatic carbocycles. The molecule has 0 spiro atoms. The van der Waals surface area contributed by atoms with Crippen LogP contribution in [0.1, 0.15) is 115 Å². The number of nitrogens with one attached hydrogen (secondary N) is 1. The number of anilines is 1. The lowest BCUT2D eigenvalue weighted by atomic mass is 10.1. The van der Waals surface area contributed by atoms with Crippen LogP contribution in [-0.4, -0.2) is 81.4 Å². The van der Waals surface area contributed by atoms with E-state index in [9.17, 15) is 38.1 Å². The Kier molecular flexibility index (Phi) is 15.4. The first-order valence-corrected chi connectivity index (χ1v) is 21.5. The largest absolute Gasteiger partial charge is 0.438 e. The first-order chi connectivity index (χ1) is 23.9. The van der Waals surface area contributed by atoms with Crippen LogP contribution in [0.2, 0.25) is 5.15 Å². The van der Waals surface area contributed by atoms with Crippen molar-refractivity contribution < 1.29 is 46.9 Å². The number of unbranched alkanes of at least 4 members (excludes halogenated alkanes) is 9. The van der Waals surface area contributed by atoms with Crippen LogP contribution in [0.3, 0.4) is 0 Å². The highest BCUT2D eigenvalue weighted by Crippen LogP contribution is 2.44. The number of rotatable bonds is 21. The van der Waals surface area contributed by atoms with Crippen LogP contribution in [0.5, 0.6) is 0 Å². The van der Waals surface area contributed by atoms with Crippen molar-refractivity contribution in [1.29, 1.82) is 5.26 Å². The van der Waals surface area contributed by atoms with Gasteiger partial charge in [-0.05, 0) is 25.3 Å². The van der Waals surface area contributed by atoms with Crippen molar-refractivity contribution in [1.82, 2.24) is 9.55 Å². The molecular formula is C33H50ClN4O10PS. The van der Waals surface area contributed by atoms with Gasteiger partial charge in [0.05, 0.1) is 11.4 Å². The number of aliphatic hydroxyl groups excluding tert-OH is 2. The lowest BCUT2D eigenvalue weighted by Crippen LogP contribution is -2.36. The van der Waals surface area contributed by atoms with E-state index in [0.717, 1.165) is 44.9 Å². The van der Waals surface area contributed by atoms with E-state index in [1.165, 1.54) is 49.3 Å². The number of nitriles is 1. The van der Waals surface area contributed by atoms with Crippen molar-refractivity contribution in [3.8, 4) is 6.07 Å². The Morgan fingerprint density at radius 3 is 2.40 bits per heavy atom. The van der Waals surface area contributed by atoms with Gasteiger partial charge in [0.25, 0.3) is 0 Å². The van der Waals surface area contributed by atoms with Gasteiger partial charge in [-0.25, -0.2) is 13.4 Å². The number of aromatic nitrogens is 2. The fourth-order valence-electron chi connectivity index (χ4n) is 6.56. The molecule has 2 aromatic rings. The van der Waals surface area contributed by atoms with Crippen LogP contribution in [0.25, 0.3) is 11.0 Å². The maximum atomic E-state index is 12.9. The predicted molar refractivity (Wildman–Crippen MR) is 188 cm³/mol. The number of carbonyl (C=O) groups excluding carboxylic acids is 1. The molecule has 14 nitrogen and oxygen atoms in total. The molecule has 17 heteroatoms. The number of carbonyl (C=O) groups is 1. The van der Waals surface area contributed by atoms with E-state index >= 15 is 0 Å². The second kappa shape index (κ2) is 19.0. The topological polar surface area (TPSA) is 210 Å². The minimum atomic E-state index is -4.77.